The highest BCUT2D eigenvalue weighted by molar-refractivity contribution is 7.97. The minimum absolute atomic E-state index is 0.0497. The molecule has 0 heterocycles. The number of alkyl halides is 2. The van der Waals surface area contributed by atoms with Crippen molar-refractivity contribution < 1.29 is 36.1 Å². The van der Waals surface area contributed by atoms with Gasteiger partial charge >= 0.3 is 11.2 Å². The van der Waals surface area contributed by atoms with Gasteiger partial charge in [0, 0.05) is 11.8 Å². The van der Waals surface area contributed by atoms with Gasteiger partial charge in [0.25, 0.3) is 0 Å². The maximum absolute atomic E-state index is 13.1. The SMILES string of the molecule is CC(C)(C)c1ccc([S+](c2ccccc2)c2ccccc2)cc1.O=C1C2CC3CC1CC(C(=O)OCC(F)(F)S(=O)(=O)[O-])(C3)C2. The molecule has 4 aliphatic carbocycles. The van der Waals surface area contributed by atoms with E-state index in [1.807, 2.05) is 0 Å². The average Bonchev–Trinajstić information content (AvgIpc) is 2.99. The number of ketones is 1. The number of Topliss-reactive ketones (excluding diaryl/α,β-unsaturated/α-hetero) is 1. The van der Waals surface area contributed by atoms with Gasteiger partial charge in [-0.25, -0.2) is 8.42 Å². The fraction of sp³-hybridized carbons (Fsp3) is 0.429. The first kappa shape index (κ1) is 33.3. The molecular weight excluding hydrogens is 619 g/mol. The Hall–Kier alpha value is -3.08. The molecule has 3 aromatic carbocycles. The average molecular weight is 657 g/mol. The Morgan fingerprint density at radius 3 is 1.76 bits per heavy atom. The van der Waals surface area contributed by atoms with Crippen LogP contribution >= 0.6 is 0 Å². The lowest BCUT2D eigenvalue weighted by Crippen LogP contribution is -2.55. The second kappa shape index (κ2) is 12.6. The van der Waals surface area contributed by atoms with E-state index in [2.05, 4.69) is 110 Å². The lowest BCUT2D eigenvalue weighted by molar-refractivity contribution is -0.179. The summed E-state index contributed by atoms with van der Waals surface area (Å²) >= 11 is 0. The first-order valence-electron chi connectivity index (χ1n) is 15.1. The maximum atomic E-state index is 13.1. The third kappa shape index (κ3) is 7.18. The molecule has 6 nitrogen and oxygen atoms in total. The number of carbonyl (C=O) groups is 2. The highest BCUT2D eigenvalue weighted by Crippen LogP contribution is 2.59. The fourth-order valence-corrected chi connectivity index (χ4v) is 9.27. The lowest BCUT2D eigenvalue weighted by Gasteiger charge is -2.53. The Balaban J connectivity index is 0.000000178. The molecule has 0 N–H and O–H groups in total. The Morgan fingerprint density at radius 2 is 1.31 bits per heavy atom. The van der Waals surface area contributed by atoms with Crippen molar-refractivity contribution in [2.24, 2.45) is 23.2 Å². The number of halogens is 2. The summed E-state index contributed by atoms with van der Waals surface area (Å²) in [5.41, 5.74) is 0.593. The maximum Gasteiger partial charge on any atom is 0.367 e. The third-order valence-electron chi connectivity index (χ3n) is 9.08. The summed E-state index contributed by atoms with van der Waals surface area (Å²) in [7, 11) is -5.93. The predicted octanol–water partition coefficient (Wildman–Crippen LogP) is 7.14. The number of hydrogen-bond donors (Lipinski definition) is 0. The van der Waals surface area contributed by atoms with Crippen LogP contribution in [-0.2, 0) is 40.8 Å². The van der Waals surface area contributed by atoms with E-state index in [-0.39, 0.29) is 52.7 Å². The molecule has 45 heavy (non-hydrogen) atoms. The van der Waals surface area contributed by atoms with E-state index < -0.39 is 33.4 Å². The fourth-order valence-electron chi connectivity index (χ4n) is 6.98. The molecule has 2 atom stereocenters. The van der Waals surface area contributed by atoms with Crippen LogP contribution in [0.5, 0.6) is 0 Å². The minimum atomic E-state index is -5.88. The van der Waals surface area contributed by atoms with E-state index in [0.29, 0.717) is 6.42 Å². The molecule has 7 rings (SSSR count). The molecule has 0 aromatic heterocycles. The number of benzene rings is 3. The van der Waals surface area contributed by atoms with Gasteiger partial charge in [0.1, 0.15) is 5.78 Å². The molecule has 240 valence electrons. The largest absolute Gasteiger partial charge is 0.743 e. The van der Waals surface area contributed by atoms with Crippen molar-refractivity contribution >= 4 is 32.8 Å². The predicted molar refractivity (Wildman–Crippen MR) is 167 cm³/mol. The molecule has 0 amide bonds. The van der Waals surface area contributed by atoms with E-state index in [1.165, 1.54) is 20.2 Å². The second-order valence-corrected chi connectivity index (χ2v) is 16.9. The summed E-state index contributed by atoms with van der Waals surface area (Å²) < 4.78 is 61.9. The molecule has 4 bridgehead atoms. The zero-order valence-electron chi connectivity index (χ0n) is 25.6. The van der Waals surface area contributed by atoms with Gasteiger partial charge in [-0.05, 0) is 85.4 Å². The number of esters is 1. The summed E-state index contributed by atoms with van der Waals surface area (Å²) in [4.78, 5) is 28.3. The summed E-state index contributed by atoms with van der Waals surface area (Å²) in [5.74, 6) is -1.05. The van der Waals surface area contributed by atoms with Gasteiger partial charge in [-0.3, -0.25) is 9.59 Å². The molecule has 0 aliphatic heterocycles. The van der Waals surface area contributed by atoms with Gasteiger partial charge < -0.3 is 9.29 Å². The summed E-state index contributed by atoms with van der Waals surface area (Å²) in [5, 5.41) is -4.64. The lowest BCUT2D eigenvalue weighted by atomic mass is 9.49. The van der Waals surface area contributed by atoms with Crippen LogP contribution in [0.4, 0.5) is 8.78 Å². The highest BCUT2D eigenvalue weighted by Gasteiger charge is 2.59. The summed E-state index contributed by atoms with van der Waals surface area (Å²) in [6.07, 6.45) is 2.45. The van der Waals surface area contributed by atoms with Gasteiger partial charge in [-0.2, -0.15) is 8.78 Å². The molecule has 10 heteroatoms. The van der Waals surface area contributed by atoms with Gasteiger partial charge in [-0.1, -0.05) is 69.3 Å². The zero-order chi connectivity index (χ0) is 32.6. The molecule has 4 aliphatic rings. The van der Waals surface area contributed by atoms with Gasteiger partial charge in [0.05, 0.1) is 16.3 Å². The van der Waals surface area contributed by atoms with Crippen LogP contribution in [0, 0.1) is 23.2 Å². The van der Waals surface area contributed by atoms with Crippen molar-refractivity contribution in [2.45, 2.75) is 78.2 Å². The number of rotatable bonds is 7. The van der Waals surface area contributed by atoms with E-state index >= 15 is 0 Å². The van der Waals surface area contributed by atoms with Crippen LogP contribution in [0.25, 0.3) is 0 Å². The molecule has 2 unspecified atom stereocenters. The number of ether oxygens (including phenoxy) is 1. The molecule has 0 radical (unpaired) electrons. The van der Waals surface area contributed by atoms with Gasteiger partial charge in [0.15, 0.2) is 31.4 Å². The Kier molecular flexibility index (Phi) is 9.33. The minimum Gasteiger partial charge on any atom is -0.743 e. The molecule has 4 saturated carbocycles. The van der Waals surface area contributed by atoms with Crippen LogP contribution in [0.1, 0.15) is 58.4 Å². The first-order chi connectivity index (χ1) is 21.1. The van der Waals surface area contributed by atoms with Crippen LogP contribution in [-0.4, -0.2) is 36.6 Å². The van der Waals surface area contributed by atoms with Gasteiger partial charge in [0.2, 0.25) is 0 Å². The Morgan fingerprint density at radius 1 is 0.844 bits per heavy atom. The molecule has 3 aromatic rings. The van der Waals surface area contributed by atoms with E-state index in [1.54, 1.807) is 0 Å². The monoisotopic (exact) mass is 656 g/mol. The van der Waals surface area contributed by atoms with Crippen LogP contribution < -0.4 is 0 Å². The van der Waals surface area contributed by atoms with Crippen molar-refractivity contribution in [3.8, 4) is 0 Å². The normalized spacial score (nSPS) is 24.2. The van der Waals surface area contributed by atoms with Crippen LogP contribution in [0.3, 0.4) is 0 Å². The van der Waals surface area contributed by atoms with Crippen molar-refractivity contribution in [1.82, 2.24) is 0 Å². The zero-order valence-corrected chi connectivity index (χ0v) is 27.2. The number of hydrogen-bond acceptors (Lipinski definition) is 6. The summed E-state index contributed by atoms with van der Waals surface area (Å²) in [6.45, 7) is 5.01. The van der Waals surface area contributed by atoms with E-state index in [9.17, 15) is 31.3 Å². The van der Waals surface area contributed by atoms with Gasteiger partial charge in [-0.15, -0.1) is 0 Å². The number of carbonyl (C=O) groups excluding carboxylic acids is 2. The first-order valence-corrected chi connectivity index (χ1v) is 17.7. The molecule has 4 fully saturated rings. The standard InChI is InChI=1S/C22H23S.C13H16F2O6S/c1-22(2,3)18-14-16-21(17-15-18)23(19-10-6-4-7-11-19)20-12-8-5-9-13-20;14-13(15,22(18,19)20)6-21-11(17)12-3-7-1-8(4-12)10(16)9(2-7)5-12/h4-17H,1-3H3;7-9H,1-6H2,(H,18,19,20)/q+1;/p-1. The van der Waals surface area contributed by atoms with E-state index in [4.69, 9.17) is 0 Å². The summed E-state index contributed by atoms with van der Waals surface area (Å²) in [6, 6.07) is 30.7. The smallest absolute Gasteiger partial charge is 0.367 e. The highest BCUT2D eigenvalue weighted by atomic mass is 32.2. The Bertz CT molecular complexity index is 1560. The van der Waals surface area contributed by atoms with Crippen molar-refractivity contribution in [3.05, 3.63) is 90.5 Å². The molecular formula is C35H38F2O6S2. The van der Waals surface area contributed by atoms with E-state index in [0.717, 1.165) is 12.8 Å². The van der Waals surface area contributed by atoms with Crippen LogP contribution in [0.15, 0.2) is 99.6 Å². The molecule has 0 saturated heterocycles. The quantitative estimate of drug-likeness (QED) is 0.152. The third-order valence-corrected chi connectivity index (χ3v) is 12.2. The molecule has 0 spiro atoms. The Labute approximate surface area is 266 Å². The van der Waals surface area contributed by atoms with Crippen molar-refractivity contribution in [1.29, 1.82) is 0 Å². The van der Waals surface area contributed by atoms with Crippen molar-refractivity contribution in [2.75, 3.05) is 6.61 Å². The second-order valence-electron chi connectivity index (χ2n) is 13.4. The van der Waals surface area contributed by atoms with Crippen molar-refractivity contribution in [3.63, 3.8) is 0 Å². The van der Waals surface area contributed by atoms with Crippen LogP contribution in [0.2, 0.25) is 0 Å². The topological polar surface area (TPSA) is 101 Å².